The van der Waals surface area contributed by atoms with Crippen molar-refractivity contribution in [3.05, 3.63) is 34.0 Å². The molecular formula is C19H29F2N7S. The van der Waals surface area contributed by atoms with Crippen LogP contribution < -0.4 is 10.6 Å². The van der Waals surface area contributed by atoms with Crippen LogP contribution >= 0.6 is 11.3 Å². The molecule has 7 nitrogen and oxygen atoms in total. The van der Waals surface area contributed by atoms with Crippen LogP contribution in [0.3, 0.4) is 0 Å². The lowest BCUT2D eigenvalue weighted by Gasteiger charge is -2.32. The molecule has 0 amide bonds. The van der Waals surface area contributed by atoms with Gasteiger partial charge in [-0.1, -0.05) is 6.07 Å². The van der Waals surface area contributed by atoms with Gasteiger partial charge in [-0.2, -0.15) is 0 Å². The molecule has 0 aliphatic carbocycles. The summed E-state index contributed by atoms with van der Waals surface area (Å²) in [5.74, 6) is 2.38. The van der Waals surface area contributed by atoms with Crippen LogP contribution in [0.4, 0.5) is 8.78 Å². The first-order valence-corrected chi connectivity index (χ1v) is 10.8. The SMILES string of the molecule is Cc1nnc(CN=C(NCCc2cccs2)NC2CCN(CC(F)F)CC2)n1C. The number of alkyl halides is 2. The minimum Gasteiger partial charge on any atom is -0.356 e. The van der Waals surface area contributed by atoms with Crippen molar-refractivity contribution in [2.24, 2.45) is 12.0 Å². The van der Waals surface area contributed by atoms with Crippen molar-refractivity contribution in [2.45, 2.75) is 45.2 Å². The summed E-state index contributed by atoms with van der Waals surface area (Å²) in [5, 5.41) is 17.2. The molecule has 2 N–H and O–H groups in total. The summed E-state index contributed by atoms with van der Waals surface area (Å²) in [6, 6.07) is 4.40. The van der Waals surface area contributed by atoms with Gasteiger partial charge in [0.2, 0.25) is 0 Å². The Hall–Kier alpha value is -2.07. The van der Waals surface area contributed by atoms with E-state index in [1.807, 2.05) is 23.4 Å². The Balaban J connectivity index is 1.56. The van der Waals surface area contributed by atoms with E-state index >= 15 is 0 Å². The molecule has 1 aliphatic rings. The van der Waals surface area contributed by atoms with Gasteiger partial charge in [0.1, 0.15) is 12.4 Å². The highest BCUT2D eigenvalue weighted by atomic mass is 32.1. The third kappa shape index (κ3) is 6.74. The maximum absolute atomic E-state index is 12.6. The number of aliphatic imine (C=N–C) groups is 1. The van der Waals surface area contributed by atoms with Crippen molar-refractivity contribution in [3.8, 4) is 0 Å². The Kier molecular flexibility index (Phi) is 7.93. The molecule has 1 aliphatic heterocycles. The molecular weight excluding hydrogens is 396 g/mol. The van der Waals surface area contributed by atoms with Crippen molar-refractivity contribution in [1.29, 1.82) is 0 Å². The zero-order valence-electron chi connectivity index (χ0n) is 16.9. The van der Waals surface area contributed by atoms with Crippen molar-refractivity contribution in [1.82, 2.24) is 30.3 Å². The minimum atomic E-state index is -2.27. The molecule has 3 rings (SSSR count). The number of hydrogen-bond donors (Lipinski definition) is 2. The predicted molar refractivity (Wildman–Crippen MR) is 112 cm³/mol. The highest BCUT2D eigenvalue weighted by molar-refractivity contribution is 7.09. The Labute approximate surface area is 174 Å². The molecule has 1 fully saturated rings. The number of piperidine rings is 1. The van der Waals surface area contributed by atoms with E-state index < -0.39 is 6.43 Å². The zero-order valence-corrected chi connectivity index (χ0v) is 17.8. The number of thiophene rings is 1. The maximum Gasteiger partial charge on any atom is 0.251 e. The third-order valence-electron chi connectivity index (χ3n) is 5.13. The Morgan fingerprint density at radius 3 is 2.76 bits per heavy atom. The average Bonchev–Trinajstić information content (AvgIpc) is 3.32. The van der Waals surface area contributed by atoms with Crippen LogP contribution in [0.1, 0.15) is 29.4 Å². The van der Waals surface area contributed by atoms with Crippen LogP contribution in [0.15, 0.2) is 22.5 Å². The molecule has 2 aromatic rings. The van der Waals surface area contributed by atoms with Crippen molar-refractivity contribution in [2.75, 3.05) is 26.2 Å². The molecule has 160 valence electrons. The van der Waals surface area contributed by atoms with E-state index in [2.05, 4.69) is 43.3 Å². The van der Waals surface area contributed by atoms with E-state index in [0.29, 0.717) is 19.6 Å². The number of guanidine groups is 1. The molecule has 0 saturated carbocycles. The van der Waals surface area contributed by atoms with E-state index in [1.54, 1.807) is 11.3 Å². The van der Waals surface area contributed by atoms with E-state index in [1.165, 1.54) is 4.88 Å². The van der Waals surface area contributed by atoms with E-state index in [-0.39, 0.29) is 12.6 Å². The molecule has 0 radical (unpaired) electrons. The van der Waals surface area contributed by atoms with Crippen molar-refractivity contribution in [3.63, 3.8) is 0 Å². The van der Waals surface area contributed by atoms with Gasteiger partial charge in [0.25, 0.3) is 6.43 Å². The second-order valence-corrected chi connectivity index (χ2v) is 8.29. The lowest BCUT2D eigenvalue weighted by molar-refractivity contribution is 0.0744. The van der Waals surface area contributed by atoms with Gasteiger partial charge < -0.3 is 15.2 Å². The monoisotopic (exact) mass is 425 g/mol. The molecule has 0 atom stereocenters. The molecule has 0 unspecified atom stereocenters. The number of aromatic nitrogens is 3. The molecule has 2 aromatic heterocycles. The summed E-state index contributed by atoms with van der Waals surface area (Å²) in [7, 11) is 1.93. The summed E-state index contributed by atoms with van der Waals surface area (Å²) in [6.45, 7) is 4.31. The first kappa shape index (κ1) is 21.6. The number of nitrogens with one attached hydrogen (secondary N) is 2. The van der Waals surface area contributed by atoms with E-state index in [0.717, 1.165) is 43.4 Å². The molecule has 1 saturated heterocycles. The Morgan fingerprint density at radius 1 is 1.34 bits per heavy atom. The van der Waals surface area contributed by atoms with Gasteiger partial charge in [-0.05, 0) is 37.6 Å². The number of aryl methyl sites for hydroxylation is 1. The minimum absolute atomic E-state index is 0.141. The van der Waals surface area contributed by atoms with Crippen LogP contribution in [0, 0.1) is 6.92 Å². The summed E-state index contributed by atoms with van der Waals surface area (Å²) in [5.41, 5.74) is 0. The van der Waals surface area contributed by atoms with Gasteiger partial charge in [-0.3, -0.25) is 4.90 Å². The van der Waals surface area contributed by atoms with Gasteiger partial charge in [0.05, 0.1) is 6.54 Å². The van der Waals surface area contributed by atoms with Gasteiger partial charge in [0.15, 0.2) is 11.8 Å². The van der Waals surface area contributed by atoms with Gasteiger partial charge in [-0.15, -0.1) is 21.5 Å². The quantitative estimate of drug-likeness (QED) is 0.501. The highest BCUT2D eigenvalue weighted by Gasteiger charge is 2.22. The van der Waals surface area contributed by atoms with Crippen LogP contribution in [0.2, 0.25) is 0 Å². The number of hydrogen-bond acceptors (Lipinski definition) is 5. The molecule has 3 heterocycles. The zero-order chi connectivity index (χ0) is 20.6. The summed E-state index contributed by atoms with van der Waals surface area (Å²) in [6.07, 6.45) is 0.294. The molecule has 0 aromatic carbocycles. The largest absolute Gasteiger partial charge is 0.356 e. The lowest BCUT2D eigenvalue weighted by atomic mass is 10.1. The summed E-state index contributed by atoms with van der Waals surface area (Å²) >= 11 is 1.74. The van der Waals surface area contributed by atoms with Crippen LogP contribution in [-0.4, -0.2) is 64.3 Å². The Morgan fingerprint density at radius 2 is 2.14 bits per heavy atom. The van der Waals surface area contributed by atoms with Crippen LogP contribution in [0.25, 0.3) is 0 Å². The fourth-order valence-corrected chi connectivity index (χ4v) is 4.01. The molecule has 10 heteroatoms. The Bertz CT molecular complexity index is 768. The van der Waals surface area contributed by atoms with E-state index in [4.69, 9.17) is 0 Å². The standard InChI is InChI=1S/C19H29F2N7S/c1-14-25-26-18(27(14)2)12-23-19(22-8-5-16-4-3-11-29-16)24-15-6-9-28(10-7-15)13-17(20)21/h3-4,11,15,17H,5-10,12-13H2,1-2H3,(H2,22,23,24). The van der Waals surface area contributed by atoms with Crippen molar-refractivity contribution < 1.29 is 8.78 Å². The smallest absolute Gasteiger partial charge is 0.251 e. The second kappa shape index (κ2) is 10.6. The summed E-state index contributed by atoms with van der Waals surface area (Å²) < 4.78 is 27.1. The maximum atomic E-state index is 12.6. The summed E-state index contributed by atoms with van der Waals surface area (Å²) in [4.78, 5) is 7.84. The molecule has 29 heavy (non-hydrogen) atoms. The predicted octanol–water partition coefficient (Wildman–Crippen LogP) is 2.19. The van der Waals surface area contributed by atoms with Gasteiger partial charge in [-0.25, -0.2) is 13.8 Å². The second-order valence-electron chi connectivity index (χ2n) is 7.25. The number of halogens is 2. The number of rotatable bonds is 8. The van der Waals surface area contributed by atoms with Crippen LogP contribution in [-0.2, 0) is 20.0 Å². The molecule has 0 spiro atoms. The number of nitrogens with zero attached hydrogens (tertiary/aromatic N) is 5. The fourth-order valence-electron chi connectivity index (χ4n) is 3.30. The third-order valence-corrected chi connectivity index (χ3v) is 6.07. The lowest BCUT2D eigenvalue weighted by Crippen LogP contribution is -2.49. The first-order valence-electron chi connectivity index (χ1n) is 9.94. The molecule has 0 bridgehead atoms. The van der Waals surface area contributed by atoms with Gasteiger partial charge in [0, 0.05) is 37.6 Å². The number of likely N-dealkylation sites (tertiary alicyclic amines) is 1. The normalized spacial score (nSPS) is 16.5. The van der Waals surface area contributed by atoms with Gasteiger partial charge >= 0.3 is 0 Å². The first-order chi connectivity index (χ1) is 14.0. The fraction of sp³-hybridized carbons (Fsp3) is 0.632. The van der Waals surface area contributed by atoms with Crippen molar-refractivity contribution >= 4 is 17.3 Å². The van der Waals surface area contributed by atoms with Crippen LogP contribution in [0.5, 0.6) is 0 Å². The van der Waals surface area contributed by atoms with E-state index in [9.17, 15) is 8.78 Å². The highest BCUT2D eigenvalue weighted by Crippen LogP contribution is 2.12. The average molecular weight is 426 g/mol. The topological polar surface area (TPSA) is 70.4 Å².